The first-order chi connectivity index (χ1) is 9.70. The zero-order valence-corrected chi connectivity index (χ0v) is 13.6. The molecule has 0 aromatic heterocycles. The van der Waals surface area contributed by atoms with Gasteiger partial charge in [-0.15, -0.1) is 11.8 Å². The molecule has 0 aliphatic carbocycles. The summed E-state index contributed by atoms with van der Waals surface area (Å²) in [5, 5.41) is 0. The van der Waals surface area contributed by atoms with Gasteiger partial charge in [0.2, 0.25) is 0 Å². The third kappa shape index (κ3) is 2.58. The average Bonchev–Trinajstić information content (AvgIpc) is 3.06. The molecular formula is C17H25NOS. The van der Waals surface area contributed by atoms with E-state index in [1.807, 2.05) is 11.8 Å². The Morgan fingerprint density at radius 1 is 1.40 bits per heavy atom. The van der Waals surface area contributed by atoms with Crippen molar-refractivity contribution in [1.82, 2.24) is 4.90 Å². The number of rotatable bonds is 4. The van der Waals surface area contributed by atoms with E-state index in [0.717, 1.165) is 11.8 Å². The molecule has 2 aliphatic heterocycles. The number of methoxy groups -OCH3 is 1. The number of ether oxygens (including phenoxy) is 1. The largest absolute Gasteiger partial charge is 0.496 e. The van der Waals surface area contributed by atoms with Crippen molar-refractivity contribution in [3.8, 4) is 5.75 Å². The number of benzene rings is 1. The molecule has 1 aromatic rings. The van der Waals surface area contributed by atoms with Crippen LogP contribution in [0.1, 0.15) is 44.6 Å². The summed E-state index contributed by atoms with van der Waals surface area (Å²) in [5.41, 5.74) is 1.47. The fraction of sp³-hybridized carbons (Fsp3) is 0.647. The van der Waals surface area contributed by atoms with E-state index in [-0.39, 0.29) is 0 Å². The van der Waals surface area contributed by atoms with Crippen LogP contribution in [0.4, 0.5) is 0 Å². The molecule has 0 radical (unpaired) electrons. The Labute approximate surface area is 126 Å². The van der Waals surface area contributed by atoms with Gasteiger partial charge in [-0.1, -0.05) is 6.07 Å². The zero-order valence-electron chi connectivity index (χ0n) is 12.8. The number of likely N-dealkylation sites (tertiary alicyclic amines) is 1. The van der Waals surface area contributed by atoms with Crippen LogP contribution < -0.4 is 4.74 Å². The van der Waals surface area contributed by atoms with Gasteiger partial charge < -0.3 is 4.74 Å². The van der Waals surface area contributed by atoms with Crippen LogP contribution in [0.25, 0.3) is 0 Å². The highest BCUT2D eigenvalue weighted by atomic mass is 32.2. The topological polar surface area (TPSA) is 12.5 Å². The van der Waals surface area contributed by atoms with Gasteiger partial charge in [0.1, 0.15) is 5.75 Å². The highest BCUT2D eigenvalue weighted by Gasteiger charge is 2.33. The van der Waals surface area contributed by atoms with E-state index < -0.39 is 0 Å². The summed E-state index contributed by atoms with van der Waals surface area (Å²) in [6.07, 6.45) is 4.02. The molecule has 110 valence electrons. The first-order valence-corrected chi connectivity index (χ1v) is 8.74. The first-order valence-electron chi connectivity index (χ1n) is 7.76. The van der Waals surface area contributed by atoms with Crippen LogP contribution in [0, 0.1) is 0 Å². The molecule has 20 heavy (non-hydrogen) atoms. The average molecular weight is 291 g/mol. The standard InChI is InChI=1S/C17H25NOS/c1-12(2)18-9-5-6-14(18)10-13-11-20-16-8-4-7-15(19-3)17(13)16/h4,7-8,12-14H,5-6,9-11H2,1-3H3/t13-,14+/m0/s1. The molecule has 2 atom stereocenters. The number of thioether (sulfide) groups is 1. The SMILES string of the molecule is COc1cccc2c1[C@@H](C[C@H]1CCCN1C(C)C)CS2. The summed E-state index contributed by atoms with van der Waals surface area (Å²) in [6, 6.07) is 7.91. The predicted octanol–water partition coefficient (Wildman–Crippen LogP) is 4.15. The summed E-state index contributed by atoms with van der Waals surface area (Å²) < 4.78 is 5.60. The quantitative estimate of drug-likeness (QED) is 0.827. The Balaban J connectivity index is 1.78. The molecule has 0 bridgehead atoms. The Kier molecular flexibility index (Phi) is 4.27. The van der Waals surface area contributed by atoms with Crippen molar-refractivity contribution in [2.24, 2.45) is 0 Å². The van der Waals surface area contributed by atoms with E-state index in [0.29, 0.717) is 12.0 Å². The van der Waals surface area contributed by atoms with Crippen molar-refractivity contribution in [3.05, 3.63) is 23.8 Å². The van der Waals surface area contributed by atoms with E-state index in [2.05, 4.69) is 36.9 Å². The summed E-state index contributed by atoms with van der Waals surface area (Å²) >= 11 is 2.00. The van der Waals surface area contributed by atoms with E-state index >= 15 is 0 Å². The molecule has 1 aromatic carbocycles. The van der Waals surface area contributed by atoms with Crippen LogP contribution in [0.15, 0.2) is 23.1 Å². The van der Waals surface area contributed by atoms with E-state index in [4.69, 9.17) is 4.74 Å². The molecule has 2 aliphatic rings. The van der Waals surface area contributed by atoms with Crippen molar-refractivity contribution in [2.75, 3.05) is 19.4 Å². The molecule has 3 heteroatoms. The van der Waals surface area contributed by atoms with Gasteiger partial charge in [0, 0.05) is 28.3 Å². The van der Waals surface area contributed by atoms with Crippen LogP contribution >= 0.6 is 11.8 Å². The van der Waals surface area contributed by atoms with E-state index in [9.17, 15) is 0 Å². The molecule has 0 unspecified atom stereocenters. The number of nitrogens with zero attached hydrogens (tertiary/aromatic N) is 1. The minimum absolute atomic E-state index is 0.662. The molecule has 0 amide bonds. The van der Waals surface area contributed by atoms with Crippen LogP contribution in [-0.2, 0) is 0 Å². The number of hydrogen-bond donors (Lipinski definition) is 0. The van der Waals surface area contributed by atoms with Gasteiger partial charge in [0.25, 0.3) is 0 Å². The van der Waals surface area contributed by atoms with Gasteiger partial charge in [-0.05, 0) is 57.7 Å². The maximum atomic E-state index is 5.60. The summed E-state index contributed by atoms with van der Waals surface area (Å²) in [4.78, 5) is 4.13. The van der Waals surface area contributed by atoms with Crippen molar-refractivity contribution >= 4 is 11.8 Å². The highest BCUT2D eigenvalue weighted by Crippen LogP contribution is 2.47. The Morgan fingerprint density at radius 3 is 3.00 bits per heavy atom. The van der Waals surface area contributed by atoms with Gasteiger partial charge in [-0.25, -0.2) is 0 Å². The molecular weight excluding hydrogens is 266 g/mol. The van der Waals surface area contributed by atoms with Gasteiger partial charge >= 0.3 is 0 Å². The molecule has 3 rings (SSSR count). The lowest BCUT2D eigenvalue weighted by atomic mass is 9.92. The molecule has 0 N–H and O–H groups in total. The Morgan fingerprint density at radius 2 is 2.25 bits per heavy atom. The van der Waals surface area contributed by atoms with Crippen molar-refractivity contribution in [2.45, 2.75) is 56.0 Å². The lowest BCUT2D eigenvalue weighted by molar-refractivity contribution is 0.189. The second-order valence-electron chi connectivity index (χ2n) is 6.24. The third-order valence-electron chi connectivity index (χ3n) is 4.74. The van der Waals surface area contributed by atoms with Gasteiger partial charge in [-0.3, -0.25) is 4.90 Å². The predicted molar refractivity (Wildman–Crippen MR) is 85.9 cm³/mol. The highest BCUT2D eigenvalue weighted by molar-refractivity contribution is 7.99. The fourth-order valence-corrected chi connectivity index (χ4v) is 5.09. The van der Waals surface area contributed by atoms with Crippen molar-refractivity contribution in [3.63, 3.8) is 0 Å². The minimum atomic E-state index is 0.662. The zero-order chi connectivity index (χ0) is 14.1. The molecule has 1 fully saturated rings. The molecule has 2 nitrogen and oxygen atoms in total. The monoisotopic (exact) mass is 291 g/mol. The summed E-state index contributed by atoms with van der Waals surface area (Å²) in [6.45, 7) is 5.94. The summed E-state index contributed by atoms with van der Waals surface area (Å²) in [7, 11) is 1.80. The normalized spacial score (nSPS) is 26.2. The van der Waals surface area contributed by atoms with Crippen molar-refractivity contribution < 1.29 is 4.74 Å². The van der Waals surface area contributed by atoms with Crippen LogP contribution in [0.2, 0.25) is 0 Å². The maximum Gasteiger partial charge on any atom is 0.123 e. The first kappa shape index (κ1) is 14.3. The second kappa shape index (κ2) is 5.98. The van der Waals surface area contributed by atoms with E-state index in [1.165, 1.54) is 42.0 Å². The minimum Gasteiger partial charge on any atom is -0.496 e. The Bertz CT molecular complexity index is 474. The van der Waals surface area contributed by atoms with Crippen LogP contribution in [0.5, 0.6) is 5.75 Å². The summed E-state index contributed by atoms with van der Waals surface area (Å²) in [5.74, 6) is 2.97. The molecule has 2 heterocycles. The van der Waals surface area contributed by atoms with E-state index in [1.54, 1.807) is 7.11 Å². The molecule has 0 spiro atoms. The lowest BCUT2D eigenvalue weighted by Gasteiger charge is -2.30. The van der Waals surface area contributed by atoms with Crippen molar-refractivity contribution in [1.29, 1.82) is 0 Å². The van der Waals surface area contributed by atoms with Crippen LogP contribution in [0.3, 0.4) is 0 Å². The lowest BCUT2D eigenvalue weighted by Crippen LogP contribution is -2.36. The maximum absolute atomic E-state index is 5.60. The molecule has 1 saturated heterocycles. The van der Waals surface area contributed by atoms with Crippen LogP contribution in [-0.4, -0.2) is 36.4 Å². The molecule has 0 saturated carbocycles. The second-order valence-corrected chi connectivity index (χ2v) is 7.31. The smallest absolute Gasteiger partial charge is 0.123 e. The number of hydrogen-bond acceptors (Lipinski definition) is 3. The van der Waals surface area contributed by atoms with Gasteiger partial charge in [-0.2, -0.15) is 0 Å². The Hall–Kier alpha value is -0.670. The van der Waals surface area contributed by atoms with Gasteiger partial charge in [0.05, 0.1) is 7.11 Å². The van der Waals surface area contributed by atoms with Gasteiger partial charge in [0.15, 0.2) is 0 Å². The third-order valence-corrected chi connectivity index (χ3v) is 5.97. The fourth-order valence-electron chi connectivity index (χ4n) is 3.81. The number of fused-ring (bicyclic) bond motifs is 1.